The quantitative estimate of drug-likeness (QED) is 0.777. The first kappa shape index (κ1) is 15.7. The molecule has 2 atom stereocenters. The predicted molar refractivity (Wildman–Crippen MR) is 77.5 cm³/mol. The molecule has 0 radical (unpaired) electrons. The Kier molecular flexibility index (Phi) is 4.40. The van der Waals surface area contributed by atoms with E-state index in [9.17, 15) is 0 Å². The van der Waals surface area contributed by atoms with Crippen LogP contribution in [0.2, 0.25) is 0 Å². The van der Waals surface area contributed by atoms with Crippen molar-refractivity contribution in [2.24, 2.45) is 5.92 Å². The summed E-state index contributed by atoms with van der Waals surface area (Å²) >= 11 is 0. The van der Waals surface area contributed by atoms with Crippen molar-refractivity contribution in [2.75, 3.05) is 14.2 Å². The van der Waals surface area contributed by atoms with Gasteiger partial charge in [-0.15, -0.1) is 0 Å². The van der Waals surface area contributed by atoms with Crippen LogP contribution in [-0.4, -0.2) is 43.9 Å². The van der Waals surface area contributed by atoms with Gasteiger partial charge in [0.1, 0.15) is 12.2 Å². The summed E-state index contributed by atoms with van der Waals surface area (Å²) in [6.07, 6.45) is 7.55. The molecule has 1 heterocycles. The van der Waals surface area contributed by atoms with Crippen molar-refractivity contribution < 1.29 is 18.9 Å². The minimum absolute atomic E-state index is 0.155. The second-order valence-electron chi connectivity index (χ2n) is 6.44. The fourth-order valence-corrected chi connectivity index (χ4v) is 2.56. The molecule has 0 bridgehead atoms. The Morgan fingerprint density at radius 1 is 0.800 bits per heavy atom. The summed E-state index contributed by atoms with van der Waals surface area (Å²) in [4.78, 5) is 0. The van der Waals surface area contributed by atoms with E-state index in [1.165, 1.54) is 0 Å². The largest absolute Gasteiger partial charge is 0.376 e. The summed E-state index contributed by atoms with van der Waals surface area (Å²) in [7, 11) is 3.39. The molecule has 0 unspecified atom stereocenters. The third kappa shape index (κ3) is 2.84. The second-order valence-corrected chi connectivity index (χ2v) is 6.44. The monoisotopic (exact) mass is 282 g/mol. The summed E-state index contributed by atoms with van der Waals surface area (Å²) in [5, 5.41) is 0. The highest BCUT2D eigenvalue weighted by Gasteiger charge is 2.53. The molecule has 0 aromatic carbocycles. The lowest BCUT2D eigenvalue weighted by Gasteiger charge is -2.38. The van der Waals surface area contributed by atoms with E-state index in [1.54, 1.807) is 14.2 Å². The number of rotatable bonds is 5. The molecule has 1 aliphatic carbocycles. The number of methoxy groups -OCH3 is 2. The number of allylic oxidation sites excluding steroid dienone is 2. The van der Waals surface area contributed by atoms with E-state index in [0.29, 0.717) is 0 Å². The molecule has 114 valence electrons. The molecule has 0 N–H and O–H groups in total. The smallest absolute Gasteiger partial charge is 0.168 e. The van der Waals surface area contributed by atoms with E-state index in [4.69, 9.17) is 18.9 Å². The first-order valence-corrected chi connectivity index (χ1v) is 7.08. The van der Waals surface area contributed by atoms with Crippen LogP contribution in [-0.2, 0) is 18.9 Å². The molecule has 1 fully saturated rings. The molecule has 0 saturated carbocycles. The Hall–Kier alpha value is -0.680. The van der Waals surface area contributed by atoms with Crippen molar-refractivity contribution in [1.82, 2.24) is 0 Å². The van der Waals surface area contributed by atoms with Gasteiger partial charge < -0.3 is 18.9 Å². The third-order valence-corrected chi connectivity index (χ3v) is 4.35. The lowest BCUT2D eigenvalue weighted by atomic mass is 9.87. The predicted octanol–water partition coefficient (Wildman–Crippen LogP) is 2.69. The van der Waals surface area contributed by atoms with Crippen LogP contribution >= 0.6 is 0 Å². The molecule has 4 heteroatoms. The van der Waals surface area contributed by atoms with Gasteiger partial charge in [-0.2, -0.15) is 0 Å². The topological polar surface area (TPSA) is 36.9 Å². The van der Waals surface area contributed by atoms with Gasteiger partial charge in [0.05, 0.1) is 11.2 Å². The molecule has 0 aromatic heterocycles. The maximum absolute atomic E-state index is 6.17. The molecule has 2 rings (SSSR count). The van der Waals surface area contributed by atoms with Gasteiger partial charge in [0.15, 0.2) is 6.29 Å². The van der Waals surface area contributed by atoms with Gasteiger partial charge in [0.25, 0.3) is 0 Å². The molecule has 2 aliphatic rings. The van der Waals surface area contributed by atoms with Gasteiger partial charge in [-0.25, -0.2) is 0 Å². The van der Waals surface area contributed by atoms with Gasteiger partial charge in [-0.1, -0.05) is 24.3 Å². The van der Waals surface area contributed by atoms with Crippen molar-refractivity contribution >= 4 is 0 Å². The van der Waals surface area contributed by atoms with Gasteiger partial charge in [0.2, 0.25) is 0 Å². The summed E-state index contributed by atoms with van der Waals surface area (Å²) in [5.74, 6) is 0.155. The van der Waals surface area contributed by atoms with Gasteiger partial charge in [-0.3, -0.25) is 0 Å². The van der Waals surface area contributed by atoms with Crippen LogP contribution in [0, 0.1) is 5.92 Å². The van der Waals surface area contributed by atoms with Crippen LogP contribution in [0.1, 0.15) is 27.7 Å². The molecule has 0 amide bonds. The molecule has 1 aliphatic heterocycles. The second kappa shape index (κ2) is 5.60. The van der Waals surface area contributed by atoms with Gasteiger partial charge in [0, 0.05) is 20.1 Å². The van der Waals surface area contributed by atoms with E-state index < -0.39 is 11.2 Å². The van der Waals surface area contributed by atoms with Gasteiger partial charge >= 0.3 is 0 Å². The normalized spacial score (nSPS) is 28.7. The number of hydrogen-bond donors (Lipinski definition) is 0. The summed E-state index contributed by atoms with van der Waals surface area (Å²) in [6, 6.07) is 0. The van der Waals surface area contributed by atoms with E-state index >= 15 is 0 Å². The molecule has 0 spiro atoms. The zero-order chi connectivity index (χ0) is 15.0. The van der Waals surface area contributed by atoms with Crippen LogP contribution in [0.3, 0.4) is 0 Å². The summed E-state index contributed by atoms with van der Waals surface area (Å²) in [6.45, 7) is 8.07. The Bertz CT molecular complexity index is 361. The summed E-state index contributed by atoms with van der Waals surface area (Å²) < 4.78 is 23.6. The van der Waals surface area contributed by atoms with Crippen molar-refractivity contribution in [3.05, 3.63) is 24.3 Å². The molecular weight excluding hydrogens is 256 g/mol. The fourth-order valence-electron chi connectivity index (χ4n) is 2.56. The Balaban J connectivity index is 2.22. The zero-order valence-corrected chi connectivity index (χ0v) is 13.3. The maximum atomic E-state index is 6.17. The first-order valence-electron chi connectivity index (χ1n) is 7.08. The minimum Gasteiger partial charge on any atom is -0.376 e. The van der Waals surface area contributed by atoms with Crippen molar-refractivity contribution in [3.63, 3.8) is 0 Å². The van der Waals surface area contributed by atoms with E-state index in [2.05, 4.69) is 12.2 Å². The standard InChI is InChI=1S/C16H26O4/c1-15(2,17-5)12-13(16(3,4)18-6)20-14(19-12)11-9-7-8-10-11/h7-14H,1-6H3/t12-,13-/m1/s1. The fraction of sp³-hybridized carbons (Fsp3) is 0.750. The number of hydrogen-bond acceptors (Lipinski definition) is 4. The highest BCUT2D eigenvalue weighted by Crippen LogP contribution is 2.39. The molecule has 0 aromatic rings. The average molecular weight is 282 g/mol. The van der Waals surface area contributed by atoms with Crippen LogP contribution in [0.5, 0.6) is 0 Å². The van der Waals surface area contributed by atoms with E-state index in [-0.39, 0.29) is 24.4 Å². The lowest BCUT2D eigenvalue weighted by Crippen LogP contribution is -2.53. The van der Waals surface area contributed by atoms with Crippen LogP contribution < -0.4 is 0 Å². The number of ether oxygens (including phenoxy) is 4. The van der Waals surface area contributed by atoms with Crippen molar-refractivity contribution in [3.8, 4) is 0 Å². The van der Waals surface area contributed by atoms with Gasteiger partial charge in [-0.05, 0) is 27.7 Å². The first-order chi connectivity index (χ1) is 9.31. The highest BCUT2D eigenvalue weighted by atomic mass is 16.7. The molecule has 4 nitrogen and oxygen atoms in total. The maximum Gasteiger partial charge on any atom is 0.168 e. The van der Waals surface area contributed by atoms with E-state index in [0.717, 1.165) is 0 Å². The van der Waals surface area contributed by atoms with Crippen molar-refractivity contribution in [1.29, 1.82) is 0 Å². The summed E-state index contributed by atoms with van der Waals surface area (Å²) in [5.41, 5.74) is -0.886. The van der Waals surface area contributed by atoms with Crippen LogP contribution in [0.25, 0.3) is 0 Å². The third-order valence-electron chi connectivity index (χ3n) is 4.35. The van der Waals surface area contributed by atoms with Crippen LogP contribution in [0.4, 0.5) is 0 Å². The molecule has 20 heavy (non-hydrogen) atoms. The van der Waals surface area contributed by atoms with Crippen molar-refractivity contribution in [2.45, 2.75) is 57.4 Å². The highest BCUT2D eigenvalue weighted by molar-refractivity contribution is 5.19. The van der Waals surface area contributed by atoms with Crippen LogP contribution in [0.15, 0.2) is 24.3 Å². The average Bonchev–Trinajstić information content (AvgIpc) is 3.07. The Labute approximate surface area is 121 Å². The van der Waals surface area contributed by atoms with E-state index in [1.807, 2.05) is 39.8 Å². The molecular formula is C16H26O4. The molecule has 1 saturated heterocycles. The Morgan fingerprint density at radius 3 is 1.55 bits per heavy atom. The Morgan fingerprint density at radius 2 is 1.20 bits per heavy atom. The minimum atomic E-state index is -0.443. The zero-order valence-electron chi connectivity index (χ0n) is 13.3. The lowest BCUT2D eigenvalue weighted by molar-refractivity contribution is -0.132. The SMILES string of the molecule is COC(C)(C)[C@@H]1OC(C2C=CC=C2)O[C@H]1C(C)(C)OC.